The average Bonchev–Trinajstić information content (AvgIpc) is 3.61. The number of fused-ring (bicyclic) bond motifs is 3. The average molecular weight is 976 g/mol. The number of aliphatic hydroxyl groups is 1. The van der Waals surface area contributed by atoms with Gasteiger partial charge in [-0.15, -0.1) is 29.5 Å². The van der Waals surface area contributed by atoms with Crippen molar-refractivity contribution in [2.75, 3.05) is 0 Å². The van der Waals surface area contributed by atoms with Gasteiger partial charge in [0.15, 0.2) is 5.78 Å². The number of rotatable bonds is 11. The first-order chi connectivity index (χ1) is 26.6. The van der Waals surface area contributed by atoms with Gasteiger partial charge in [-0.2, -0.15) is 0 Å². The fourth-order valence-electron chi connectivity index (χ4n) is 8.07. The summed E-state index contributed by atoms with van der Waals surface area (Å²) in [6.07, 6.45) is 10.1. The van der Waals surface area contributed by atoms with E-state index in [2.05, 4.69) is 111 Å². The summed E-state index contributed by atoms with van der Waals surface area (Å²) < 4.78 is 1.37. The van der Waals surface area contributed by atoms with Gasteiger partial charge in [0.2, 0.25) is 0 Å². The summed E-state index contributed by atoms with van der Waals surface area (Å²) in [6, 6.07) is 19.4. The largest absolute Gasteiger partial charge is 0.512 e. The van der Waals surface area contributed by atoms with Crippen LogP contribution >= 0.6 is 11.3 Å². The van der Waals surface area contributed by atoms with Crippen LogP contribution in [0, 0.1) is 29.7 Å². The molecule has 0 unspecified atom stereocenters. The van der Waals surface area contributed by atoms with Crippen LogP contribution < -0.4 is 0 Å². The molecule has 0 spiro atoms. The van der Waals surface area contributed by atoms with E-state index in [1.807, 2.05) is 65.1 Å². The maximum absolute atomic E-state index is 12.2. The molecule has 2 aromatic carbocycles. The summed E-state index contributed by atoms with van der Waals surface area (Å²) in [5.74, 6) is 0.928. The number of pyridine rings is 2. The van der Waals surface area contributed by atoms with Crippen molar-refractivity contribution in [3.05, 3.63) is 99.9 Å². The molecule has 5 aromatic rings. The van der Waals surface area contributed by atoms with Gasteiger partial charge < -0.3 is 5.11 Å². The van der Waals surface area contributed by atoms with Gasteiger partial charge in [0.1, 0.15) is 5.76 Å². The molecule has 6 heteroatoms. The van der Waals surface area contributed by atoms with E-state index in [1.54, 1.807) is 0 Å². The second-order valence-electron chi connectivity index (χ2n) is 18.9. The number of thiophene rings is 1. The molecule has 6 rings (SSSR count). The van der Waals surface area contributed by atoms with Gasteiger partial charge in [0.25, 0.3) is 0 Å². The quantitative estimate of drug-likeness (QED) is 0.0814. The Hall–Kier alpha value is -3.44. The topological polar surface area (TPSA) is 63.1 Å². The maximum Gasteiger partial charge on any atom is 0.164 e. The molecule has 0 atom stereocenters. The van der Waals surface area contributed by atoms with Gasteiger partial charge in [-0.25, -0.2) is 0 Å². The molecule has 1 N–H and O–H groups in total. The molecule has 4 nitrogen and oxygen atoms in total. The van der Waals surface area contributed by atoms with E-state index in [0.29, 0.717) is 5.92 Å². The summed E-state index contributed by atoms with van der Waals surface area (Å²) in [5.41, 5.74) is 11.2. The Bertz CT molecular complexity index is 2340. The van der Waals surface area contributed by atoms with Crippen molar-refractivity contribution in [3.63, 3.8) is 0 Å². The van der Waals surface area contributed by atoms with Gasteiger partial charge in [-0.1, -0.05) is 137 Å². The predicted molar refractivity (Wildman–Crippen MR) is 246 cm³/mol. The molecule has 0 amide bonds. The Morgan fingerprint density at radius 2 is 1.57 bits per heavy atom. The minimum absolute atomic E-state index is 0. The minimum atomic E-state index is -0.337. The molecule has 3 aromatic heterocycles. The third kappa shape index (κ3) is 9.46. The zero-order valence-corrected chi connectivity index (χ0v) is 41.1. The smallest absolute Gasteiger partial charge is 0.164 e. The summed E-state index contributed by atoms with van der Waals surface area (Å²) in [4.78, 5) is 23.7. The fraction of sp³-hybridized carbons (Fsp3) is 0.481. The van der Waals surface area contributed by atoms with Gasteiger partial charge in [0, 0.05) is 80.7 Å². The molecular weight excluding hydrogens is 909 g/mol. The van der Waals surface area contributed by atoms with E-state index in [0.717, 1.165) is 60.0 Å². The number of aromatic nitrogens is 2. The van der Waals surface area contributed by atoms with Gasteiger partial charge in [0.05, 0.1) is 0 Å². The van der Waals surface area contributed by atoms with E-state index < -0.39 is 0 Å². The first kappa shape index (κ1) is 47.2. The molecular formula is C52H67IrN2O2S-. The van der Waals surface area contributed by atoms with E-state index in [-0.39, 0.29) is 53.3 Å². The number of hydrogen-bond donors (Lipinski definition) is 1. The zero-order valence-electron chi connectivity index (χ0n) is 37.9. The number of carbonyl (C=O) groups excluding carboxylic acids is 1. The molecule has 1 aliphatic carbocycles. The van der Waals surface area contributed by atoms with Crippen LogP contribution in [-0.2, 0) is 42.2 Å². The number of nitrogens with zero attached hydrogens (tertiary/aromatic N) is 2. The summed E-state index contributed by atoms with van der Waals surface area (Å²) >= 11 is 1.93. The molecule has 58 heavy (non-hydrogen) atoms. The first-order valence-corrected chi connectivity index (χ1v) is 22.0. The molecule has 0 fully saturated rings. The molecule has 1 aliphatic rings. The van der Waals surface area contributed by atoms with Crippen molar-refractivity contribution in [1.29, 1.82) is 0 Å². The number of hydrogen-bond acceptors (Lipinski definition) is 5. The zero-order chi connectivity index (χ0) is 42.2. The molecule has 3 heterocycles. The molecule has 313 valence electrons. The van der Waals surface area contributed by atoms with Crippen LogP contribution in [0.2, 0.25) is 0 Å². The van der Waals surface area contributed by atoms with Gasteiger partial charge in [-0.3, -0.25) is 14.8 Å². The second-order valence-corrected chi connectivity index (χ2v) is 20.2. The Labute approximate surface area is 367 Å². The SMILES string of the molecule is CC1=CC(C)(C)c2nc(-c3[c-]c4cccnc4c(C(C)(C)C)c3)cc(-c3ccc4c(CC(C)C)c(C)sc4c3)c21.CCC(C)(CC)C(=O)/C=C(\O)C(C)(CC)CC.[Ir]. The molecule has 0 saturated carbocycles. The van der Waals surface area contributed by atoms with Crippen LogP contribution in [0.5, 0.6) is 0 Å². The maximum atomic E-state index is 12.2. The Morgan fingerprint density at radius 1 is 0.931 bits per heavy atom. The van der Waals surface area contributed by atoms with Crippen molar-refractivity contribution < 1.29 is 30.0 Å². The van der Waals surface area contributed by atoms with Crippen LogP contribution in [0.1, 0.15) is 150 Å². The van der Waals surface area contributed by atoms with E-state index in [4.69, 9.17) is 9.97 Å². The van der Waals surface area contributed by atoms with Gasteiger partial charge in [-0.05, 0) is 91.0 Å². The van der Waals surface area contributed by atoms with Crippen LogP contribution in [0.3, 0.4) is 0 Å². The van der Waals surface area contributed by atoms with E-state index >= 15 is 0 Å². The minimum Gasteiger partial charge on any atom is -0.512 e. The molecule has 1 radical (unpaired) electrons. The number of carbonyl (C=O) groups is 1. The second kappa shape index (κ2) is 18.0. The summed E-state index contributed by atoms with van der Waals surface area (Å²) in [7, 11) is 0. The van der Waals surface area contributed by atoms with Crippen LogP contribution in [0.4, 0.5) is 0 Å². The Kier molecular flexibility index (Phi) is 14.7. The normalized spacial score (nSPS) is 14.3. The number of aliphatic hydroxyl groups excluding tert-OH is 1. The van der Waals surface area contributed by atoms with E-state index in [9.17, 15) is 9.90 Å². The third-order valence-electron chi connectivity index (χ3n) is 12.8. The third-order valence-corrected chi connectivity index (χ3v) is 13.9. The first-order valence-electron chi connectivity index (χ1n) is 21.2. The predicted octanol–water partition coefficient (Wildman–Crippen LogP) is 15.1. The van der Waals surface area contributed by atoms with Crippen LogP contribution in [-0.4, -0.2) is 20.9 Å². The van der Waals surface area contributed by atoms with Crippen molar-refractivity contribution >= 4 is 43.7 Å². The standard InChI is InChI=1S/C37H39N2S.C15H28O2.Ir/c1-21(2)15-28-23(4)40-32-18-24(12-13-27(28)32)29-19-31(39-35-33(29)22(3)20-37(35,8)9)26-16-25-11-10-14-38-34(25)30(17-26)36(5,6)7;1-7-14(5,8-2)12(16)11-13(17)15(6,9-3)10-4;/h10-14,17-21H,15H2,1-9H3;11,16H,7-10H2,1-6H3;/q-1;;/b;12-11-;. The van der Waals surface area contributed by atoms with Crippen LogP contribution in [0.15, 0.2) is 66.6 Å². The van der Waals surface area contributed by atoms with Crippen LogP contribution in [0.25, 0.3) is 48.9 Å². The summed E-state index contributed by atoms with van der Waals surface area (Å²) in [6.45, 7) is 32.5. The van der Waals surface area contributed by atoms with Crippen molar-refractivity contribution in [2.45, 2.75) is 147 Å². The van der Waals surface area contributed by atoms with Gasteiger partial charge >= 0.3 is 0 Å². The molecule has 0 saturated heterocycles. The fourth-order valence-corrected chi connectivity index (χ4v) is 9.20. The van der Waals surface area contributed by atoms with Crippen molar-refractivity contribution in [3.8, 4) is 22.4 Å². The molecule has 0 aliphatic heterocycles. The Balaban J connectivity index is 0.000000353. The number of ketones is 1. The monoisotopic (exact) mass is 976 g/mol. The van der Waals surface area contributed by atoms with Crippen molar-refractivity contribution in [2.24, 2.45) is 16.7 Å². The molecule has 0 bridgehead atoms. The summed E-state index contributed by atoms with van der Waals surface area (Å²) in [5, 5.41) is 12.6. The van der Waals surface area contributed by atoms with E-state index in [1.165, 1.54) is 54.4 Å². The van der Waals surface area contributed by atoms with Crippen molar-refractivity contribution in [1.82, 2.24) is 9.97 Å². The Morgan fingerprint density at radius 3 is 2.16 bits per heavy atom. The number of aryl methyl sites for hydroxylation is 1. The number of allylic oxidation sites excluding steroid dienone is 4. The number of benzene rings is 2.